The van der Waals surface area contributed by atoms with Gasteiger partial charge in [0.1, 0.15) is 0 Å². The van der Waals surface area contributed by atoms with Gasteiger partial charge in [0.15, 0.2) is 0 Å². The fourth-order valence-electron chi connectivity index (χ4n) is 2.28. The highest BCUT2D eigenvalue weighted by molar-refractivity contribution is 5.95. The van der Waals surface area contributed by atoms with Crippen molar-refractivity contribution < 1.29 is 9.90 Å². The van der Waals surface area contributed by atoms with E-state index >= 15 is 0 Å². The average molecular weight is 279 g/mol. The van der Waals surface area contributed by atoms with E-state index in [1.54, 1.807) is 6.20 Å². The quantitative estimate of drug-likeness (QED) is 0.801. The zero-order valence-corrected chi connectivity index (χ0v) is 12.6. The van der Waals surface area contributed by atoms with E-state index in [0.717, 1.165) is 31.5 Å². The third kappa shape index (κ3) is 3.39. The molecule has 20 heavy (non-hydrogen) atoms. The fourth-order valence-corrected chi connectivity index (χ4v) is 2.28. The van der Waals surface area contributed by atoms with E-state index in [1.807, 2.05) is 18.5 Å². The lowest BCUT2D eigenvalue weighted by molar-refractivity contribution is 0.0870. The molecule has 2 N–H and O–H groups in total. The molecule has 1 aromatic heterocycles. The second kappa shape index (κ2) is 6.39. The minimum Gasteiger partial charge on any atom is -0.391 e. The molecule has 0 spiro atoms. The Labute approximate surface area is 120 Å². The van der Waals surface area contributed by atoms with Gasteiger partial charge in [0, 0.05) is 19.0 Å². The van der Waals surface area contributed by atoms with E-state index in [-0.39, 0.29) is 11.8 Å². The Morgan fingerprint density at radius 3 is 2.80 bits per heavy atom. The van der Waals surface area contributed by atoms with Crippen molar-refractivity contribution in [3.63, 3.8) is 0 Å². The van der Waals surface area contributed by atoms with Gasteiger partial charge < -0.3 is 10.4 Å². The Balaban J connectivity index is 2.06. The maximum atomic E-state index is 12.3. The lowest BCUT2D eigenvalue weighted by atomic mass is 10.1. The maximum absolute atomic E-state index is 12.3. The molecule has 1 unspecified atom stereocenters. The number of aliphatic hydroxyl groups is 1. The molecule has 0 aromatic carbocycles. The number of carbonyl (C=O) groups excluding carboxylic acids is 1. The summed E-state index contributed by atoms with van der Waals surface area (Å²) in [5, 5.41) is 16.9. The summed E-state index contributed by atoms with van der Waals surface area (Å²) in [7, 11) is 0. The van der Waals surface area contributed by atoms with Gasteiger partial charge in [0.25, 0.3) is 5.91 Å². The van der Waals surface area contributed by atoms with Gasteiger partial charge in [-0.1, -0.05) is 20.8 Å². The first kappa shape index (κ1) is 15.0. The second-order valence-corrected chi connectivity index (χ2v) is 5.96. The smallest absolute Gasteiger partial charge is 0.254 e. The Hall–Kier alpha value is -1.36. The van der Waals surface area contributed by atoms with Gasteiger partial charge in [-0.05, 0) is 25.2 Å². The molecule has 1 heterocycles. The topological polar surface area (TPSA) is 67.2 Å². The third-order valence-corrected chi connectivity index (χ3v) is 3.77. The molecule has 0 radical (unpaired) electrons. The molecule has 0 bridgehead atoms. The highest BCUT2D eigenvalue weighted by Crippen LogP contribution is 2.41. The zero-order valence-electron chi connectivity index (χ0n) is 12.6. The number of hydrogen-bond acceptors (Lipinski definition) is 3. The summed E-state index contributed by atoms with van der Waals surface area (Å²) < 4.78 is 1.96. The fraction of sp³-hybridized carbons (Fsp3) is 0.733. The number of hydrogen-bond donors (Lipinski definition) is 2. The van der Waals surface area contributed by atoms with E-state index in [9.17, 15) is 9.90 Å². The average Bonchev–Trinajstić information content (AvgIpc) is 3.17. The predicted octanol–water partition coefficient (Wildman–Crippen LogP) is 1.92. The lowest BCUT2D eigenvalue weighted by Crippen LogP contribution is -2.35. The van der Waals surface area contributed by atoms with Crippen molar-refractivity contribution in [3.8, 4) is 0 Å². The maximum Gasteiger partial charge on any atom is 0.254 e. The van der Waals surface area contributed by atoms with Gasteiger partial charge in [-0.2, -0.15) is 5.10 Å². The summed E-state index contributed by atoms with van der Waals surface area (Å²) in [6, 6.07) is 0. The molecule has 1 aliphatic carbocycles. The van der Waals surface area contributed by atoms with E-state index in [4.69, 9.17) is 0 Å². The van der Waals surface area contributed by atoms with Crippen LogP contribution in [0.4, 0.5) is 0 Å². The van der Waals surface area contributed by atoms with Crippen LogP contribution in [0.5, 0.6) is 0 Å². The molecule has 0 aliphatic heterocycles. The van der Waals surface area contributed by atoms with Crippen molar-refractivity contribution in [1.82, 2.24) is 15.1 Å². The first-order valence-electron chi connectivity index (χ1n) is 7.56. The van der Waals surface area contributed by atoms with Crippen molar-refractivity contribution in [2.45, 2.75) is 58.6 Å². The van der Waals surface area contributed by atoms with Gasteiger partial charge in [-0.3, -0.25) is 9.48 Å². The summed E-state index contributed by atoms with van der Waals surface area (Å²) in [5.74, 6) is 0.509. The number of nitrogens with one attached hydrogen (secondary N) is 1. The zero-order chi connectivity index (χ0) is 14.7. The van der Waals surface area contributed by atoms with Crippen molar-refractivity contribution in [1.29, 1.82) is 0 Å². The number of amides is 1. The van der Waals surface area contributed by atoms with Gasteiger partial charge in [0.2, 0.25) is 0 Å². The molecule has 1 atom stereocenters. The number of carbonyl (C=O) groups is 1. The number of aromatic nitrogens is 2. The van der Waals surface area contributed by atoms with E-state index in [0.29, 0.717) is 18.0 Å². The van der Waals surface area contributed by atoms with Crippen molar-refractivity contribution >= 4 is 5.91 Å². The summed E-state index contributed by atoms with van der Waals surface area (Å²) in [5.41, 5.74) is 1.75. The monoisotopic (exact) mass is 279 g/mol. The van der Waals surface area contributed by atoms with Crippen LogP contribution in [0.1, 0.15) is 62.0 Å². The van der Waals surface area contributed by atoms with Crippen LogP contribution < -0.4 is 5.32 Å². The molecule has 5 nitrogen and oxygen atoms in total. The van der Waals surface area contributed by atoms with Gasteiger partial charge in [-0.25, -0.2) is 0 Å². The van der Waals surface area contributed by atoms with E-state index in [1.165, 1.54) is 0 Å². The molecule has 1 aliphatic rings. The summed E-state index contributed by atoms with van der Waals surface area (Å²) >= 11 is 0. The summed E-state index contributed by atoms with van der Waals surface area (Å²) in [4.78, 5) is 12.3. The molecule has 1 aromatic rings. The highest BCUT2D eigenvalue weighted by Gasteiger charge is 2.32. The molecule has 5 heteroatoms. The molecule has 2 rings (SSSR count). The number of aliphatic hydroxyl groups excluding tert-OH is 1. The normalized spacial score (nSPS) is 16.4. The molecule has 1 amide bonds. The second-order valence-electron chi connectivity index (χ2n) is 5.96. The highest BCUT2D eigenvalue weighted by atomic mass is 16.3. The minimum absolute atomic E-state index is 0.117. The number of nitrogens with zero attached hydrogens (tertiary/aromatic N) is 2. The largest absolute Gasteiger partial charge is 0.391 e. The number of rotatable bonds is 7. The van der Waals surface area contributed by atoms with Crippen LogP contribution in [-0.2, 0) is 6.54 Å². The first-order valence-corrected chi connectivity index (χ1v) is 7.56. The van der Waals surface area contributed by atoms with Crippen LogP contribution in [0, 0.1) is 5.92 Å². The SMILES string of the molecule is CCCn1ncc(C(=O)NCC(O)C(C)C)c1C1CC1. The van der Waals surface area contributed by atoms with Gasteiger partial charge in [-0.15, -0.1) is 0 Å². The third-order valence-electron chi connectivity index (χ3n) is 3.77. The standard InChI is InChI=1S/C15H25N3O2/c1-4-7-18-14(11-5-6-11)12(8-17-18)15(20)16-9-13(19)10(2)3/h8,10-11,13,19H,4-7,9H2,1-3H3,(H,16,20). The van der Waals surface area contributed by atoms with Crippen LogP contribution in [0.2, 0.25) is 0 Å². The lowest BCUT2D eigenvalue weighted by Gasteiger charge is -2.15. The molecular weight excluding hydrogens is 254 g/mol. The Bertz CT molecular complexity index is 464. The van der Waals surface area contributed by atoms with Crippen LogP contribution in [0.3, 0.4) is 0 Å². The van der Waals surface area contributed by atoms with E-state index in [2.05, 4.69) is 17.3 Å². The van der Waals surface area contributed by atoms with Crippen molar-refractivity contribution in [3.05, 3.63) is 17.5 Å². The Morgan fingerprint density at radius 2 is 2.25 bits per heavy atom. The van der Waals surface area contributed by atoms with Crippen LogP contribution in [0.15, 0.2) is 6.20 Å². The Kier molecular flexibility index (Phi) is 4.81. The van der Waals surface area contributed by atoms with Crippen molar-refractivity contribution in [2.24, 2.45) is 5.92 Å². The van der Waals surface area contributed by atoms with Gasteiger partial charge in [0.05, 0.1) is 23.6 Å². The van der Waals surface area contributed by atoms with E-state index < -0.39 is 6.10 Å². The first-order chi connectivity index (χ1) is 9.54. The van der Waals surface area contributed by atoms with Gasteiger partial charge >= 0.3 is 0 Å². The summed E-state index contributed by atoms with van der Waals surface area (Å²) in [6.45, 7) is 7.13. The Morgan fingerprint density at radius 1 is 1.55 bits per heavy atom. The molecular formula is C15H25N3O2. The number of aryl methyl sites for hydroxylation is 1. The van der Waals surface area contributed by atoms with Crippen LogP contribution in [-0.4, -0.2) is 33.4 Å². The van der Waals surface area contributed by atoms with Crippen LogP contribution >= 0.6 is 0 Å². The molecule has 0 saturated heterocycles. The minimum atomic E-state index is -0.506. The molecule has 112 valence electrons. The van der Waals surface area contributed by atoms with Crippen molar-refractivity contribution in [2.75, 3.05) is 6.54 Å². The molecule has 1 fully saturated rings. The predicted molar refractivity (Wildman–Crippen MR) is 77.7 cm³/mol. The summed E-state index contributed by atoms with van der Waals surface area (Å²) in [6.07, 6.45) is 4.46. The molecule has 1 saturated carbocycles. The van der Waals surface area contributed by atoms with Crippen LogP contribution in [0.25, 0.3) is 0 Å².